The Morgan fingerprint density at radius 3 is 2.78 bits per heavy atom. The molecule has 2 rings (SSSR count). The van der Waals surface area contributed by atoms with Crippen molar-refractivity contribution in [2.45, 2.75) is 18.4 Å². The lowest BCUT2D eigenvalue weighted by Gasteiger charge is -2.36. The Bertz CT molecular complexity index is 416. The van der Waals surface area contributed by atoms with Crippen LogP contribution in [0.2, 0.25) is 0 Å². The summed E-state index contributed by atoms with van der Waals surface area (Å²) in [5.74, 6) is -0.798. The highest BCUT2D eigenvalue weighted by molar-refractivity contribution is 5.92. The fraction of sp³-hybridized carbons (Fsp3) is 0.500. The number of hydrogen-bond donors (Lipinski definition) is 2. The highest BCUT2D eigenvalue weighted by atomic mass is 19.1. The number of nitrogens with zero attached hydrogens (tertiary/aromatic N) is 1. The van der Waals surface area contributed by atoms with E-state index < -0.39 is 11.4 Å². The van der Waals surface area contributed by atoms with Crippen LogP contribution < -0.4 is 11.1 Å². The van der Waals surface area contributed by atoms with E-state index in [1.165, 1.54) is 12.1 Å². The van der Waals surface area contributed by atoms with Gasteiger partial charge in [0.2, 0.25) is 0 Å². The number of nitrogens with two attached hydrogens (primary N) is 1. The van der Waals surface area contributed by atoms with Crippen molar-refractivity contribution in [3.05, 3.63) is 29.8 Å². The molecule has 0 saturated carbocycles. The van der Waals surface area contributed by atoms with Gasteiger partial charge in [-0.15, -0.1) is 0 Å². The zero-order chi connectivity index (χ0) is 13.0. The molecule has 3 N–H and O–H groups in total. The third-order valence-electron chi connectivity index (χ3n) is 3.18. The number of hydrogen-bond acceptors (Lipinski definition) is 4. The van der Waals surface area contributed by atoms with Crippen LogP contribution in [-0.4, -0.2) is 36.2 Å². The van der Waals surface area contributed by atoms with E-state index in [9.17, 15) is 9.18 Å². The number of carbonyl (C=O) groups is 1. The lowest BCUT2D eigenvalue weighted by molar-refractivity contribution is 0.0387. The summed E-state index contributed by atoms with van der Waals surface area (Å²) in [6.45, 7) is 1.51. The molecule has 0 aliphatic carbocycles. The summed E-state index contributed by atoms with van der Waals surface area (Å²) in [5, 5.41) is 2.89. The zero-order valence-electron chi connectivity index (χ0n) is 9.99. The van der Waals surface area contributed by atoms with Gasteiger partial charge in [0, 0.05) is 19.8 Å². The second-order valence-electron chi connectivity index (χ2n) is 4.41. The van der Waals surface area contributed by atoms with Gasteiger partial charge in [-0.2, -0.15) is 0 Å². The molecular weight excluding hydrogens is 237 g/mol. The second-order valence-corrected chi connectivity index (χ2v) is 4.41. The van der Waals surface area contributed by atoms with Gasteiger partial charge in [0.05, 0.1) is 11.7 Å². The molecule has 1 aliphatic rings. The van der Waals surface area contributed by atoms with Crippen LogP contribution in [0.1, 0.15) is 23.3 Å². The predicted octanol–water partition coefficient (Wildman–Crippen LogP) is 0.458. The highest BCUT2D eigenvalue weighted by Gasteiger charge is 2.33. The number of aromatic nitrogens is 1. The van der Waals surface area contributed by atoms with Crippen molar-refractivity contribution in [1.82, 2.24) is 10.3 Å². The molecule has 1 aromatic rings. The minimum atomic E-state index is -0.467. The molecular formula is C12H16FN3O2. The summed E-state index contributed by atoms with van der Waals surface area (Å²) in [4.78, 5) is 15.7. The summed E-state index contributed by atoms with van der Waals surface area (Å²) < 4.78 is 18.0. The van der Waals surface area contributed by atoms with E-state index in [1.54, 1.807) is 0 Å². The number of amides is 1. The Morgan fingerprint density at radius 2 is 2.22 bits per heavy atom. The Kier molecular flexibility index (Phi) is 3.88. The first-order chi connectivity index (χ1) is 8.65. The van der Waals surface area contributed by atoms with E-state index in [2.05, 4.69) is 10.3 Å². The molecule has 0 spiro atoms. The van der Waals surface area contributed by atoms with Crippen molar-refractivity contribution in [3.8, 4) is 0 Å². The maximum absolute atomic E-state index is 12.7. The molecule has 0 aromatic carbocycles. The molecule has 1 aliphatic heterocycles. The van der Waals surface area contributed by atoms with Crippen LogP contribution in [0.25, 0.3) is 0 Å². The van der Waals surface area contributed by atoms with Gasteiger partial charge in [0.1, 0.15) is 11.5 Å². The van der Waals surface area contributed by atoms with E-state index in [0.717, 1.165) is 6.20 Å². The van der Waals surface area contributed by atoms with Crippen molar-refractivity contribution in [2.75, 3.05) is 19.8 Å². The van der Waals surface area contributed by atoms with Crippen molar-refractivity contribution in [2.24, 2.45) is 5.73 Å². The first-order valence-electron chi connectivity index (χ1n) is 5.87. The van der Waals surface area contributed by atoms with Crippen LogP contribution in [0.4, 0.5) is 4.39 Å². The monoisotopic (exact) mass is 253 g/mol. The Morgan fingerprint density at radius 1 is 1.50 bits per heavy atom. The van der Waals surface area contributed by atoms with Crippen LogP contribution in [-0.2, 0) is 4.74 Å². The van der Waals surface area contributed by atoms with E-state index in [-0.39, 0.29) is 11.6 Å². The fourth-order valence-electron chi connectivity index (χ4n) is 1.96. The highest BCUT2D eigenvalue weighted by Crippen LogP contribution is 2.19. The van der Waals surface area contributed by atoms with E-state index in [4.69, 9.17) is 10.5 Å². The van der Waals surface area contributed by atoms with Gasteiger partial charge in [0.25, 0.3) is 5.91 Å². The molecule has 1 aromatic heterocycles. The molecule has 5 nitrogen and oxygen atoms in total. The van der Waals surface area contributed by atoms with Crippen molar-refractivity contribution >= 4 is 5.91 Å². The SMILES string of the molecule is NCC1(NC(=O)c2ccc(F)cn2)CCOCC1. The molecule has 1 fully saturated rings. The number of ether oxygens (including phenoxy) is 1. The van der Waals surface area contributed by atoms with Crippen LogP contribution in [0, 0.1) is 5.82 Å². The summed E-state index contributed by atoms with van der Waals surface area (Å²) >= 11 is 0. The van der Waals surface area contributed by atoms with Gasteiger partial charge in [-0.05, 0) is 25.0 Å². The average Bonchev–Trinajstić information content (AvgIpc) is 2.40. The average molecular weight is 253 g/mol. The Hall–Kier alpha value is -1.53. The van der Waals surface area contributed by atoms with Crippen LogP contribution in [0.15, 0.2) is 18.3 Å². The predicted molar refractivity (Wildman–Crippen MR) is 63.5 cm³/mol. The molecule has 2 heterocycles. The van der Waals surface area contributed by atoms with Crippen molar-refractivity contribution in [1.29, 1.82) is 0 Å². The molecule has 0 unspecified atom stereocenters. The normalized spacial score (nSPS) is 18.3. The number of carbonyl (C=O) groups excluding carboxylic acids is 1. The van der Waals surface area contributed by atoms with E-state index in [0.29, 0.717) is 32.6 Å². The smallest absolute Gasteiger partial charge is 0.270 e. The lowest BCUT2D eigenvalue weighted by Crippen LogP contribution is -2.56. The molecule has 0 radical (unpaired) electrons. The van der Waals surface area contributed by atoms with Gasteiger partial charge in [-0.3, -0.25) is 4.79 Å². The Balaban J connectivity index is 2.07. The zero-order valence-corrected chi connectivity index (χ0v) is 9.99. The Labute approximate surface area is 105 Å². The summed E-state index contributed by atoms with van der Waals surface area (Å²) in [5.41, 5.74) is 5.49. The van der Waals surface area contributed by atoms with Gasteiger partial charge < -0.3 is 15.8 Å². The molecule has 1 saturated heterocycles. The minimum Gasteiger partial charge on any atom is -0.381 e. The first kappa shape index (κ1) is 12.9. The van der Waals surface area contributed by atoms with Crippen LogP contribution in [0.5, 0.6) is 0 Å². The van der Waals surface area contributed by atoms with Gasteiger partial charge in [-0.25, -0.2) is 9.37 Å². The topological polar surface area (TPSA) is 77.2 Å². The van der Waals surface area contributed by atoms with Crippen molar-refractivity contribution in [3.63, 3.8) is 0 Å². The lowest BCUT2D eigenvalue weighted by atomic mass is 9.90. The molecule has 0 bridgehead atoms. The van der Waals surface area contributed by atoms with E-state index in [1.807, 2.05) is 0 Å². The minimum absolute atomic E-state index is 0.190. The van der Waals surface area contributed by atoms with Gasteiger partial charge in [0.15, 0.2) is 0 Å². The maximum Gasteiger partial charge on any atom is 0.270 e. The largest absolute Gasteiger partial charge is 0.381 e. The summed E-state index contributed by atoms with van der Waals surface area (Å²) in [7, 11) is 0. The molecule has 98 valence electrons. The third-order valence-corrected chi connectivity index (χ3v) is 3.18. The summed E-state index contributed by atoms with van der Waals surface area (Å²) in [6.07, 6.45) is 2.38. The maximum atomic E-state index is 12.7. The number of pyridine rings is 1. The summed E-state index contributed by atoms with van der Waals surface area (Å²) in [6, 6.07) is 2.56. The third kappa shape index (κ3) is 2.83. The molecule has 18 heavy (non-hydrogen) atoms. The fourth-order valence-corrected chi connectivity index (χ4v) is 1.96. The molecule has 1 amide bonds. The standard InChI is InChI=1S/C12H16FN3O2/c13-9-1-2-10(15-7-9)11(17)16-12(8-14)3-5-18-6-4-12/h1-2,7H,3-6,8,14H2,(H,16,17). The van der Waals surface area contributed by atoms with E-state index >= 15 is 0 Å². The number of nitrogens with one attached hydrogen (secondary N) is 1. The van der Waals surface area contributed by atoms with Gasteiger partial charge >= 0.3 is 0 Å². The van der Waals surface area contributed by atoms with Crippen molar-refractivity contribution < 1.29 is 13.9 Å². The van der Waals surface area contributed by atoms with Crippen LogP contribution >= 0.6 is 0 Å². The number of halogens is 1. The molecule has 6 heteroatoms. The quantitative estimate of drug-likeness (QED) is 0.820. The van der Waals surface area contributed by atoms with Gasteiger partial charge in [-0.1, -0.05) is 0 Å². The second kappa shape index (κ2) is 5.41. The molecule has 0 atom stereocenters. The first-order valence-corrected chi connectivity index (χ1v) is 5.87. The number of rotatable bonds is 3. The van der Waals surface area contributed by atoms with Crippen LogP contribution in [0.3, 0.4) is 0 Å².